The summed E-state index contributed by atoms with van der Waals surface area (Å²) in [6, 6.07) is 46.0. The molecule has 0 saturated heterocycles. The van der Waals surface area contributed by atoms with E-state index >= 15 is 0 Å². The van der Waals surface area contributed by atoms with Gasteiger partial charge in [-0.15, -0.1) is 0 Å². The standard InChI is InChI=1S/C45H44N4O/c1-44(2,3)31-26-36(42(50)37(27-31)45(4,5)6)43-47-41-35(24-17-25-40(41)48(43)7)39-29-34(28-38(46-39)30-18-11-8-12-19-30)49(32-20-13-9-14-21-32)33-22-15-10-16-23-33/h8-29,50H,1-7H3. The number of nitrogens with zero attached hydrogens (tertiary/aromatic N) is 4. The number of imidazole rings is 1. The first kappa shape index (κ1) is 32.8. The molecule has 0 unspecified atom stereocenters. The van der Waals surface area contributed by atoms with Crippen LogP contribution < -0.4 is 4.90 Å². The molecule has 0 radical (unpaired) electrons. The highest BCUT2D eigenvalue weighted by atomic mass is 16.3. The van der Waals surface area contributed by atoms with E-state index in [1.165, 1.54) is 0 Å². The topological polar surface area (TPSA) is 54.2 Å². The molecule has 250 valence electrons. The van der Waals surface area contributed by atoms with Crippen molar-refractivity contribution in [3.8, 4) is 39.7 Å². The second-order valence-electron chi connectivity index (χ2n) is 15.1. The van der Waals surface area contributed by atoms with Crippen LogP contribution in [0, 0.1) is 0 Å². The Morgan fingerprint density at radius 1 is 0.560 bits per heavy atom. The normalized spacial score (nSPS) is 12.0. The number of anilines is 3. The van der Waals surface area contributed by atoms with Crippen LogP contribution in [0.5, 0.6) is 5.75 Å². The van der Waals surface area contributed by atoms with Crippen LogP contribution in [-0.4, -0.2) is 19.6 Å². The molecule has 0 aliphatic rings. The summed E-state index contributed by atoms with van der Waals surface area (Å²) in [5, 5.41) is 11.8. The summed E-state index contributed by atoms with van der Waals surface area (Å²) in [4.78, 5) is 12.9. The molecule has 7 aromatic rings. The molecule has 5 heteroatoms. The smallest absolute Gasteiger partial charge is 0.144 e. The highest BCUT2D eigenvalue weighted by molar-refractivity contribution is 5.95. The Balaban J connectivity index is 1.48. The number of rotatable bonds is 6. The molecule has 0 spiro atoms. The third-order valence-corrected chi connectivity index (χ3v) is 9.38. The van der Waals surface area contributed by atoms with Crippen molar-refractivity contribution in [2.24, 2.45) is 7.05 Å². The van der Waals surface area contributed by atoms with Crippen LogP contribution in [0.25, 0.3) is 44.9 Å². The van der Waals surface area contributed by atoms with E-state index in [0.29, 0.717) is 0 Å². The van der Waals surface area contributed by atoms with E-state index < -0.39 is 0 Å². The minimum absolute atomic E-state index is 0.111. The molecule has 0 atom stereocenters. The Morgan fingerprint density at radius 2 is 1.14 bits per heavy atom. The first-order valence-corrected chi connectivity index (χ1v) is 17.2. The molecule has 7 rings (SSSR count). The Labute approximate surface area is 295 Å². The van der Waals surface area contributed by atoms with E-state index in [-0.39, 0.29) is 16.6 Å². The number of phenolic OH excluding ortho intramolecular Hbond substituents is 1. The van der Waals surface area contributed by atoms with Gasteiger partial charge in [0.1, 0.15) is 11.6 Å². The maximum Gasteiger partial charge on any atom is 0.144 e. The number of hydrogen-bond acceptors (Lipinski definition) is 4. The molecule has 1 N–H and O–H groups in total. The van der Waals surface area contributed by atoms with Crippen LogP contribution in [0.15, 0.2) is 133 Å². The number of pyridine rings is 1. The zero-order valence-electron chi connectivity index (χ0n) is 29.9. The highest BCUT2D eigenvalue weighted by Crippen LogP contribution is 2.44. The quantitative estimate of drug-likeness (QED) is 0.194. The number of aryl methyl sites for hydroxylation is 1. The van der Waals surface area contributed by atoms with Crippen molar-refractivity contribution >= 4 is 28.1 Å². The average molecular weight is 657 g/mol. The van der Waals surface area contributed by atoms with Crippen molar-refractivity contribution in [2.75, 3.05) is 4.90 Å². The maximum atomic E-state index is 11.8. The molecule has 5 nitrogen and oxygen atoms in total. The molecule has 0 saturated carbocycles. The third kappa shape index (κ3) is 6.16. The average Bonchev–Trinajstić information content (AvgIpc) is 3.44. The fourth-order valence-corrected chi connectivity index (χ4v) is 6.61. The van der Waals surface area contributed by atoms with Crippen LogP contribution in [0.2, 0.25) is 0 Å². The fourth-order valence-electron chi connectivity index (χ4n) is 6.61. The lowest BCUT2D eigenvalue weighted by Crippen LogP contribution is -2.17. The monoisotopic (exact) mass is 656 g/mol. The second kappa shape index (κ2) is 12.6. The van der Waals surface area contributed by atoms with E-state index in [2.05, 4.69) is 154 Å². The summed E-state index contributed by atoms with van der Waals surface area (Å²) < 4.78 is 2.09. The van der Waals surface area contributed by atoms with Gasteiger partial charge in [-0.05, 0) is 64.9 Å². The molecule has 5 aromatic carbocycles. The number of hydrogen-bond donors (Lipinski definition) is 1. The van der Waals surface area contributed by atoms with Gasteiger partial charge in [0.2, 0.25) is 0 Å². The summed E-state index contributed by atoms with van der Waals surface area (Å²) >= 11 is 0. The lowest BCUT2D eigenvalue weighted by atomic mass is 9.79. The fraction of sp³-hybridized carbons (Fsp3) is 0.200. The van der Waals surface area contributed by atoms with Crippen molar-refractivity contribution in [1.29, 1.82) is 0 Å². The van der Waals surface area contributed by atoms with Crippen molar-refractivity contribution in [2.45, 2.75) is 52.4 Å². The number of aromatic hydroxyl groups is 1. The van der Waals surface area contributed by atoms with Crippen LogP contribution >= 0.6 is 0 Å². The van der Waals surface area contributed by atoms with Gasteiger partial charge in [0.15, 0.2) is 0 Å². The molecular weight excluding hydrogens is 613 g/mol. The Morgan fingerprint density at radius 3 is 1.72 bits per heavy atom. The number of aromatic nitrogens is 3. The van der Waals surface area contributed by atoms with Gasteiger partial charge in [-0.2, -0.15) is 0 Å². The van der Waals surface area contributed by atoms with Crippen molar-refractivity contribution < 1.29 is 5.11 Å². The molecule has 0 amide bonds. The molecule has 0 bridgehead atoms. The van der Waals surface area contributed by atoms with Crippen LogP contribution in [0.1, 0.15) is 52.7 Å². The van der Waals surface area contributed by atoms with Gasteiger partial charge in [-0.1, -0.05) is 126 Å². The van der Waals surface area contributed by atoms with Gasteiger partial charge in [0, 0.05) is 35.1 Å². The molecule has 50 heavy (non-hydrogen) atoms. The summed E-state index contributed by atoms with van der Waals surface area (Å²) in [5.41, 5.74) is 11.0. The van der Waals surface area contributed by atoms with Crippen molar-refractivity contribution in [3.05, 3.63) is 145 Å². The Kier molecular flexibility index (Phi) is 8.31. The van der Waals surface area contributed by atoms with E-state index in [0.717, 1.165) is 73.1 Å². The number of benzene rings is 5. The second-order valence-corrected chi connectivity index (χ2v) is 15.1. The molecule has 0 aliphatic carbocycles. The van der Waals surface area contributed by atoms with Crippen molar-refractivity contribution in [1.82, 2.24) is 14.5 Å². The zero-order valence-corrected chi connectivity index (χ0v) is 29.9. The minimum Gasteiger partial charge on any atom is -0.507 e. The van der Waals surface area contributed by atoms with Crippen LogP contribution in [-0.2, 0) is 17.9 Å². The number of para-hydroxylation sites is 3. The lowest BCUT2D eigenvalue weighted by Gasteiger charge is -2.27. The number of fused-ring (bicyclic) bond motifs is 1. The lowest BCUT2D eigenvalue weighted by molar-refractivity contribution is 0.446. The predicted molar refractivity (Wildman–Crippen MR) is 209 cm³/mol. The minimum atomic E-state index is -0.253. The van der Waals surface area contributed by atoms with Gasteiger partial charge in [-0.25, -0.2) is 9.97 Å². The zero-order chi connectivity index (χ0) is 35.2. The Bertz CT molecular complexity index is 2260. The highest BCUT2D eigenvalue weighted by Gasteiger charge is 2.28. The summed E-state index contributed by atoms with van der Waals surface area (Å²) in [6.07, 6.45) is 0. The summed E-state index contributed by atoms with van der Waals surface area (Å²) in [7, 11) is 2.03. The number of phenols is 1. The maximum absolute atomic E-state index is 11.8. The van der Waals surface area contributed by atoms with Gasteiger partial charge in [-0.3, -0.25) is 0 Å². The van der Waals surface area contributed by atoms with Gasteiger partial charge < -0.3 is 14.6 Å². The van der Waals surface area contributed by atoms with Gasteiger partial charge >= 0.3 is 0 Å². The Hall–Kier alpha value is -5.68. The largest absolute Gasteiger partial charge is 0.507 e. The molecule has 0 fully saturated rings. The van der Waals surface area contributed by atoms with Crippen LogP contribution in [0.4, 0.5) is 17.1 Å². The molecule has 0 aliphatic heterocycles. The summed E-state index contributed by atoms with van der Waals surface area (Å²) in [5.74, 6) is 0.995. The first-order valence-electron chi connectivity index (χ1n) is 17.2. The van der Waals surface area contributed by atoms with Crippen LogP contribution in [0.3, 0.4) is 0 Å². The third-order valence-electron chi connectivity index (χ3n) is 9.38. The summed E-state index contributed by atoms with van der Waals surface area (Å²) in [6.45, 7) is 13.0. The van der Waals surface area contributed by atoms with E-state index in [1.807, 2.05) is 37.4 Å². The SMILES string of the molecule is Cn1c(-c2cc(C(C)(C)C)cc(C(C)(C)C)c2O)nc2c(-c3cc(N(c4ccccc4)c4ccccc4)cc(-c4ccccc4)n3)cccc21. The van der Waals surface area contributed by atoms with Gasteiger partial charge in [0.05, 0.1) is 33.7 Å². The van der Waals surface area contributed by atoms with E-state index in [4.69, 9.17) is 9.97 Å². The molecular formula is C45H44N4O. The van der Waals surface area contributed by atoms with Gasteiger partial charge in [0.25, 0.3) is 0 Å². The predicted octanol–water partition coefficient (Wildman–Crippen LogP) is 11.7. The van der Waals surface area contributed by atoms with E-state index in [9.17, 15) is 5.11 Å². The van der Waals surface area contributed by atoms with E-state index in [1.54, 1.807) is 0 Å². The molecule has 2 heterocycles. The molecule has 2 aromatic heterocycles. The van der Waals surface area contributed by atoms with Crippen molar-refractivity contribution in [3.63, 3.8) is 0 Å². The first-order chi connectivity index (χ1) is 23.9.